The number of carbonyl (C=O) groups excluding carboxylic acids is 1. The number of nitro benzene ring substituents is 1. The van der Waals surface area contributed by atoms with Crippen LogP contribution >= 0.6 is 0 Å². The second-order valence-corrected chi connectivity index (χ2v) is 5.96. The number of ether oxygens (including phenoxy) is 1. The predicted molar refractivity (Wildman–Crippen MR) is 103 cm³/mol. The summed E-state index contributed by atoms with van der Waals surface area (Å²) in [5, 5.41) is 13.6. The molecule has 0 unspecified atom stereocenters. The maximum atomic E-state index is 12.6. The molecule has 0 radical (unpaired) electrons. The van der Waals surface area contributed by atoms with E-state index in [0.29, 0.717) is 23.4 Å². The van der Waals surface area contributed by atoms with Crippen LogP contribution in [-0.4, -0.2) is 17.9 Å². The molecule has 0 spiro atoms. The molecule has 27 heavy (non-hydrogen) atoms. The smallest absolute Gasteiger partial charge is 0.269 e. The molecule has 3 rings (SSSR count). The molecule has 0 aliphatic rings. The van der Waals surface area contributed by atoms with Gasteiger partial charge in [-0.1, -0.05) is 36.4 Å². The summed E-state index contributed by atoms with van der Waals surface area (Å²) in [6, 6.07) is 20.9. The van der Waals surface area contributed by atoms with Gasteiger partial charge < -0.3 is 10.1 Å². The Hall–Kier alpha value is -3.67. The molecule has 6 heteroatoms. The van der Waals surface area contributed by atoms with Crippen LogP contribution in [-0.2, 0) is 6.42 Å². The van der Waals surface area contributed by atoms with E-state index in [2.05, 4.69) is 5.32 Å². The van der Waals surface area contributed by atoms with Crippen LogP contribution < -0.4 is 10.1 Å². The number of nitro groups is 1. The molecule has 3 aromatic carbocycles. The predicted octanol–water partition coefficient (Wildman–Crippen LogP) is 4.45. The van der Waals surface area contributed by atoms with Crippen LogP contribution in [0.15, 0.2) is 72.8 Å². The minimum absolute atomic E-state index is 0.0590. The van der Waals surface area contributed by atoms with Gasteiger partial charge in [0.2, 0.25) is 0 Å². The summed E-state index contributed by atoms with van der Waals surface area (Å²) >= 11 is 0. The summed E-state index contributed by atoms with van der Waals surface area (Å²) in [7, 11) is 1.55. The number of rotatable bonds is 6. The Morgan fingerprint density at radius 1 is 1.00 bits per heavy atom. The first-order valence-corrected chi connectivity index (χ1v) is 8.33. The monoisotopic (exact) mass is 362 g/mol. The molecule has 0 fully saturated rings. The Morgan fingerprint density at radius 3 is 2.44 bits per heavy atom. The zero-order chi connectivity index (χ0) is 19.2. The Balaban J connectivity index is 1.74. The van der Waals surface area contributed by atoms with E-state index in [1.165, 1.54) is 12.1 Å². The molecule has 0 atom stereocenters. The molecule has 0 bridgehead atoms. The molecule has 0 saturated heterocycles. The number of hydrogen-bond acceptors (Lipinski definition) is 4. The van der Waals surface area contributed by atoms with Gasteiger partial charge in [-0.25, -0.2) is 0 Å². The van der Waals surface area contributed by atoms with Crippen LogP contribution in [0.1, 0.15) is 21.5 Å². The molecule has 0 aromatic heterocycles. The lowest BCUT2D eigenvalue weighted by atomic mass is 10.0. The van der Waals surface area contributed by atoms with Gasteiger partial charge in [-0.2, -0.15) is 0 Å². The Labute approximate surface area is 156 Å². The third-order valence-corrected chi connectivity index (χ3v) is 4.10. The Kier molecular flexibility index (Phi) is 5.47. The van der Waals surface area contributed by atoms with Crippen LogP contribution in [0, 0.1) is 10.1 Å². The molecule has 0 heterocycles. The summed E-state index contributed by atoms with van der Waals surface area (Å²) in [6.45, 7) is 0. The van der Waals surface area contributed by atoms with Gasteiger partial charge in [0.25, 0.3) is 11.6 Å². The second kappa shape index (κ2) is 8.14. The van der Waals surface area contributed by atoms with Crippen molar-refractivity contribution in [2.45, 2.75) is 6.42 Å². The molecule has 0 saturated carbocycles. The van der Waals surface area contributed by atoms with E-state index in [4.69, 9.17) is 4.74 Å². The summed E-state index contributed by atoms with van der Waals surface area (Å²) in [5.41, 5.74) is 3.06. The van der Waals surface area contributed by atoms with Crippen molar-refractivity contribution >= 4 is 17.3 Å². The zero-order valence-electron chi connectivity index (χ0n) is 14.7. The van der Waals surface area contributed by atoms with Crippen molar-refractivity contribution in [1.82, 2.24) is 0 Å². The van der Waals surface area contributed by atoms with Crippen LogP contribution in [0.3, 0.4) is 0 Å². The quantitative estimate of drug-likeness (QED) is 0.519. The van der Waals surface area contributed by atoms with Crippen LogP contribution in [0.2, 0.25) is 0 Å². The van der Waals surface area contributed by atoms with Crippen molar-refractivity contribution in [3.63, 3.8) is 0 Å². The molecular weight excluding hydrogens is 344 g/mol. The fourth-order valence-electron chi connectivity index (χ4n) is 2.74. The second-order valence-electron chi connectivity index (χ2n) is 5.96. The van der Waals surface area contributed by atoms with E-state index in [0.717, 1.165) is 11.1 Å². The highest BCUT2D eigenvalue weighted by molar-refractivity contribution is 6.05. The third-order valence-electron chi connectivity index (χ3n) is 4.10. The lowest BCUT2D eigenvalue weighted by Gasteiger charge is -2.10. The number of amides is 1. The number of nitrogens with zero attached hydrogens (tertiary/aromatic N) is 1. The number of methoxy groups -OCH3 is 1. The van der Waals surface area contributed by atoms with Crippen molar-refractivity contribution < 1.29 is 14.5 Å². The minimum atomic E-state index is -0.424. The fraction of sp³-hybridized carbons (Fsp3) is 0.0952. The van der Waals surface area contributed by atoms with Crippen molar-refractivity contribution in [1.29, 1.82) is 0 Å². The normalized spacial score (nSPS) is 10.3. The van der Waals surface area contributed by atoms with Gasteiger partial charge in [-0.05, 0) is 41.8 Å². The highest BCUT2D eigenvalue weighted by Crippen LogP contribution is 2.24. The molecule has 1 N–H and O–H groups in total. The number of hydrogen-bond donors (Lipinski definition) is 1. The van der Waals surface area contributed by atoms with Crippen molar-refractivity contribution in [2.75, 3.05) is 12.4 Å². The molecule has 3 aromatic rings. The molecular formula is C21H18N2O4. The van der Waals surface area contributed by atoms with Crippen LogP contribution in [0.5, 0.6) is 5.75 Å². The van der Waals surface area contributed by atoms with Gasteiger partial charge in [0, 0.05) is 17.7 Å². The lowest BCUT2D eigenvalue weighted by molar-refractivity contribution is -0.384. The fourth-order valence-corrected chi connectivity index (χ4v) is 2.74. The van der Waals surface area contributed by atoms with Gasteiger partial charge in [0.05, 0.1) is 17.7 Å². The lowest BCUT2D eigenvalue weighted by Crippen LogP contribution is -2.12. The average Bonchev–Trinajstić information content (AvgIpc) is 2.69. The summed E-state index contributed by atoms with van der Waals surface area (Å²) in [5.74, 6) is 0.359. The number of para-hydroxylation sites is 2. The molecule has 0 aliphatic heterocycles. The van der Waals surface area contributed by atoms with E-state index in [1.807, 2.05) is 30.3 Å². The van der Waals surface area contributed by atoms with E-state index in [9.17, 15) is 14.9 Å². The molecule has 6 nitrogen and oxygen atoms in total. The van der Waals surface area contributed by atoms with Crippen LogP contribution in [0.4, 0.5) is 11.4 Å². The topological polar surface area (TPSA) is 81.5 Å². The molecule has 136 valence electrons. The highest BCUT2D eigenvalue weighted by atomic mass is 16.6. The number of nitrogens with one attached hydrogen (secondary N) is 1. The van der Waals surface area contributed by atoms with E-state index >= 15 is 0 Å². The molecule has 1 amide bonds. The average molecular weight is 362 g/mol. The first kappa shape index (κ1) is 18.1. The Morgan fingerprint density at radius 2 is 1.74 bits per heavy atom. The summed E-state index contributed by atoms with van der Waals surface area (Å²) in [4.78, 5) is 22.9. The number of carbonyl (C=O) groups is 1. The molecule has 0 aliphatic carbocycles. The highest BCUT2D eigenvalue weighted by Gasteiger charge is 2.10. The van der Waals surface area contributed by atoms with E-state index in [-0.39, 0.29) is 11.6 Å². The first-order valence-electron chi connectivity index (χ1n) is 8.33. The van der Waals surface area contributed by atoms with Crippen molar-refractivity contribution in [2.24, 2.45) is 0 Å². The summed E-state index contributed by atoms with van der Waals surface area (Å²) < 4.78 is 5.25. The summed E-state index contributed by atoms with van der Waals surface area (Å²) in [6.07, 6.45) is 0.577. The van der Waals surface area contributed by atoms with Crippen molar-refractivity contribution in [3.05, 3.63) is 99.6 Å². The van der Waals surface area contributed by atoms with E-state index < -0.39 is 4.92 Å². The zero-order valence-corrected chi connectivity index (χ0v) is 14.7. The SMILES string of the molecule is COc1ccccc1NC(=O)c1cccc(Cc2ccc([N+](=O)[O-])cc2)c1. The van der Waals surface area contributed by atoms with Gasteiger partial charge in [0.1, 0.15) is 5.75 Å². The van der Waals surface area contributed by atoms with Gasteiger partial charge in [-0.3, -0.25) is 14.9 Å². The minimum Gasteiger partial charge on any atom is -0.495 e. The first-order chi connectivity index (χ1) is 13.1. The van der Waals surface area contributed by atoms with E-state index in [1.54, 1.807) is 37.4 Å². The largest absolute Gasteiger partial charge is 0.495 e. The number of benzene rings is 3. The standard InChI is InChI=1S/C21H18N2O4/c1-27-20-8-3-2-7-19(20)22-21(24)17-6-4-5-16(14-17)13-15-9-11-18(12-10-15)23(25)26/h2-12,14H,13H2,1H3,(H,22,24). The number of anilines is 1. The van der Waals surface area contributed by atoms with Gasteiger partial charge in [0.15, 0.2) is 0 Å². The maximum Gasteiger partial charge on any atom is 0.269 e. The van der Waals surface area contributed by atoms with Crippen LogP contribution in [0.25, 0.3) is 0 Å². The maximum absolute atomic E-state index is 12.6. The van der Waals surface area contributed by atoms with Gasteiger partial charge >= 0.3 is 0 Å². The van der Waals surface area contributed by atoms with Crippen molar-refractivity contribution in [3.8, 4) is 5.75 Å². The number of non-ortho nitro benzene ring substituents is 1. The Bertz CT molecular complexity index is 968. The van der Waals surface area contributed by atoms with Gasteiger partial charge in [-0.15, -0.1) is 0 Å². The third kappa shape index (κ3) is 4.49.